The molecule has 1 atom stereocenters. The molecule has 0 saturated carbocycles. The highest BCUT2D eigenvalue weighted by Crippen LogP contribution is 2.21. The molecule has 0 radical (unpaired) electrons. The quantitative estimate of drug-likeness (QED) is 0.693. The van der Waals surface area contributed by atoms with E-state index in [1.165, 1.54) is 0 Å². The minimum absolute atomic E-state index is 0.141. The van der Waals surface area contributed by atoms with E-state index in [0.29, 0.717) is 24.6 Å². The number of amides is 2. The fourth-order valence-electron chi connectivity index (χ4n) is 3.46. The van der Waals surface area contributed by atoms with Crippen LogP contribution in [-0.2, 0) is 4.74 Å². The minimum atomic E-state index is -0.487. The van der Waals surface area contributed by atoms with Gasteiger partial charge in [-0.15, -0.1) is 0 Å². The van der Waals surface area contributed by atoms with E-state index in [1.807, 2.05) is 45.0 Å². The molecule has 162 valence electrons. The van der Waals surface area contributed by atoms with Gasteiger partial charge in [-0.1, -0.05) is 15.9 Å². The van der Waals surface area contributed by atoms with Crippen molar-refractivity contribution in [1.82, 2.24) is 20.0 Å². The smallest absolute Gasteiger partial charge is 0.410 e. The third kappa shape index (κ3) is 6.32. The second-order valence-electron chi connectivity index (χ2n) is 8.63. The Morgan fingerprint density at radius 2 is 2.00 bits per heavy atom. The number of carbonyl (C=O) groups excluding carboxylic acids is 2. The molecule has 2 aromatic rings. The highest BCUT2D eigenvalue weighted by atomic mass is 79.9. The van der Waals surface area contributed by atoms with Crippen molar-refractivity contribution < 1.29 is 14.3 Å². The predicted octanol–water partition coefficient (Wildman–Crippen LogP) is 4.40. The molecule has 1 aliphatic rings. The molecule has 1 aromatic heterocycles. The number of likely N-dealkylation sites (tertiary alicyclic amines) is 1. The maximum atomic E-state index is 12.5. The van der Waals surface area contributed by atoms with Gasteiger partial charge in [0.2, 0.25) is 0 Å². The number of piperidine rings is 1. The first-order valence-corrected chi connectivity index (χ1v) is 11.1. The van der Waals surface area contributed by atoms with Crippen LogP contribution in [0.2, 0.25) is 0 Å². The summed E-state index contributed by atoms with van der Waals surface area (Å²) in [5.41, 5.74) is 0.928. The second-order valence-corrected chi connectivity index (χ2v) is 9.54. The number of benzene rings is 1. The second kappa shape index (κ2) is 9.64. The van der Waals surface area contributed by atoms with Crippen molar-refractivity contribution in [3.05, 3.63) is 46.7 Å². The number of nitrogens with one attached hydrogen (secondary N) is 1. The summed E-state index contributed by atoms with van der Waals surface area (Å²) in [6.07, 6.45) is 5.88. The van der Waals surface area contributed by atoms with Gasteiger partial charge in [-0.25, -0.2) is 9.48 Å². The molecule has 0 aliphatic carbocycles. The van der Waals surface area contributed by atoms with E-state index in [2.05, 4.69) is 26.3 Å². The molecule has 30 heavy (non-hydrogen) atoms. The number of hydrogen-bond acceptors (Lipinski definition) is 4. The Kier molecular flexibility index (Phi) is 7.18. The van der Waals surface area contributed by atoms with Crippen LogP contribution < -0.4 is 5.32 Å². The van der Waals surface area contributed by atoms with Crippen LogP contribution in [0, 0.1) is 5.92 Å². The third-order valence-corrected chi connectivity index (χ3v) is 5.47. The zero-order valence-corrected chi connectivity index (χ0v) is 19.3. The molecule has 1 fully saturated rings. The van der Waals surface area contributed by atoms with Gasteiger partial charge in [0, 0.05) is 30.3 Å². The van der Waals surface area contributed by atoms with Crippen molar-refractivity contribution in [3.8, 4) is 5.69 Å². The van der Waals surface area contributed by atoms with Gasteiger partial charge in [-0.3, -0.25) is 4.79 Å². The SMILES string of the molecule is CC(C)(C)OC(=O)N1CCCC(CCNC(=O)c2cnn(-c3ccc(Br)cc3)c2)C1. The van der Waals surface area contributed by atoms with Gasteiger partial charge in [0.25, 0.3) is 5.91 Å². The first-order chi connectivity index (χ1) is 14.2. The van der Waals surface area contributed by atoms with E-state index in [-0.39, 0.29) is 12.0 Å². The van der Waals surface area contributed by atoms with E-state index < -0.39 is 5.60 Å². The first kappa shape index (κ1) is 22.3. The Hall–Kier alpha value is -2.35. The average Bonchev–Trinajstić information content (AvgIpc) is 3.18. The van der Waals surface area contributed by atoms with Crippen molar-refractivity contribution in [2.75, 3.05) is 19.6 Å². The lowest BCUT2D eigenvalue weighted by atomic mass is 9.95. The predicted molar refractivity (Wildman–Crippen MR) is 119 cm³/mol. The highest BCUT2D eigenvalue weighted by molar-refractivity contribution is 9.10. The number of halogens is 1. The molecule has 1 aromatic carbocycles. The van der Waals surface area contributed by atoms with Crippen LogP contribution in [0.3, 0.4) is 0 Å². The van der Waals surface area contributed by atoms with Crippen LogP contribution >= 0.6 is 15.9 Å². The largest absolute Gasteiger partial charge is 0.444 e. The molecule has 1 aliphatic heterocycles. The Balaban J connectivity index is 1.46. The lowest BCUT2D eigenvalue weighted by Crippen LogP contribution is -2.43. The Bertz CT molecular complexity index is 873. The molecule has 1 N–H and O–H groups in total. The molecular formula is C22H29BrN4O3. The van der Waals surface area contributed by atoms with Crippen LogP contribution in [0.4, 0.5) is 4.79 Å². The Labute approximate surface area is 185 Å². The van der Waals surface area contributed by atoms with E-state index in [1.54, 1.807) is 22.0 Å². The summed E-state index contributed by atoms with van der Waals surface area (Å²) < 4.78 is 8.15. The summed E-state index contributed by atoms with van der Waals surface area (Å²) in [7, 11) is 0. The normalized spacial score (nSPS) is 16.9. The zero-order valence-electron chi connectivity index (χ0n) is 17.7. The van der Waals surface area contributed by atoms with Crippen molar-refractivity contribution >= 4 is 27.9 Å². The molecule has 2 amide bonds. The summed E-state index contributed by atoms with van der Waals surface area (Å²) in [5, 5.41) is 7.24. The van der Waals surface area contributed by atoms with Gasteiger partial charge in [0.05, 0.1) is 17.4 Å². The summed E-state index contributed by atoms with van der Waals surface area (Å²) in [6.45, 7) is 7.59. The lowest BCUT2D eigenvalue weighted by molar-refractivity contribution is 0.0161. The van der Waals surface area contributed by atoms with Gasteiger partial charge in [-0.2, -0.15) is 5.10 Å². The van der Waals surface area contributed by atoms with Crippen molar-refractivity contribution in [2.24, 2.45) is 5.92 Å². The number of aromatic nitrogens is 2. The van der Waals surface area contributed by atoms with Gasteiger partial charge in [0.15, 0.2) is 0 Å². The standard InChI is InChI=1S/C22H29BrN4O3/c1-22(2,3)30-21(29)26-12-4-5-16(14-26)10-11-24-20(28)17-13-25-27(15-17)19-8-6-18(23)7-9-19/h6-9,13,15-16H,4-5,10-12,14H2,1-3H3,(H,24,28). The maximum Gasteiger partial charge on any atom is 0.410 e. The zero-order chi connectivity index (χ0) is 21.7. The fraction of sp³-hybridized carbons (Fsp3) is 0.500. The number of rotatable bonds is 5. The van der Waals surface area contributed by atoms with E-state index in [9.17, 15) is 9.59 Å². The van der Waals surface area contributed by atoms with Crippen molar-refractivity contribution in [3.63, 3.8) is 0 Å². The number of nitrogens with zero attached hydrogens (tertiary/aromatic N) is 3. The molecule has 8 heteroatoms. The molecule has 7 nitrogen and oxygen atoms in total. The van der Waals surface area contributed by atoms with Gasteiger partial charge < -0.3 is 15.0 Å². The van der Waals surface area contributed by atoms with Gasteiger partial charge in [-0.05, 0) is 70.2 Å². The topological polar surface area (TPSA) is 76.5 Å². The molecule has 0 bridgehead atoms. The first-order valence-electron chi connectivity index (χ1n) is 10.3. The van der Waals surface area contributed by atoms with E-state index in [0.717, 1.165) is 36.0 Å². The molecule has 3 rings (SSSR count). The lowest BCUT2D eigenvalue weighted by Gasteiger charge is -2.34. The number of carbonyl (C=O) groups is 2. The van der Waals surface area contributed by atoms with Crippen LogP contribution in [0.15, 0.2) is 41.1 Å². The van der Waals surface area contributed by atoms with Gasteiger partial charge >= 0.3 is 6.09 Å². The minimum Gasteiger partial charge on any atom is -0.444 e. The highest BCUT2D eigenvalue weighted by Gasteiger charge is 2.27. The Morgan fingerprint density at radius 1 is 1.27 bits per heavy atom. The molecular weight excluding hydrogens is 448 g/mol. The fourth-order valence-corrected chi connectivity index (χ4v) is 3.72. The van der Waals surface area contributed by atoms with Crippen LogP contribution in [0.25, 0.3) is 5.69 Å². The van der Waals surface area contributed by atoms with Crippen molar-refractivity contribution in [2.45, 2.75) is 45.6 Å². The van der Waals surface area contributed by atoms with Gasteiger partial charge in [0.1, 0.15) is 5.60 Å². The van der Waals surface area contributed by atoms with Crippen LogP contribution in [-0.4, -0.2) is 51.9 Å². The molecule has 2 heterocycles. The Morgan fingerprint density at radius 3 is 2.70 bits per heavy atom. The number of hydrogen-bond donors (Lipinski definition) is 1. The molecule has 0 spiro atoms. The van der Waals surface area contributed by atoms with E-state index in [4.69, 9.17) is 4.74 Å². The molecule has 1 unspecified atom stereocenters. The summed E-state index contributed by atoms with van der Waals surface area (Å²) in [4.78, 5) is 26.5. The summed E-state index contributed by atoms with van der Waals surface area (Å²) >= 11 is 3.41. The number of ether oxygens (including phenoxy) is 1. The van der Waals surface area contributed by atoms with Crippen molar-refractivity contribution in [1.29, 1.82) is 0 Å². The molecule has 1 saturated heterocycles. The average molecular weight is 477 g/mol. The van der Waals surface area contributed by atoms with Crippen LogP contribution in [0.5, 0.6) is 0 Å². The summed E-state index contributed by atoms with van der Waals surface area (Å²) in [6, 6.07) is 7.72. The van der Waals surface area contributed by atoms with Crippen LogP contribution in [0.1, 0.15) is 50.4 Å². The summed E-state index contributed by atoms with van der Waals surface area (Å²) in [5.74, 6) is 0.218. The monoisotopic (exact) mass is 476 g/mol. The van der Waals surface area contributed by atoms with E-state index >= 15 is 0 Å². The maximum absolute atomic E-state index is 12.5. The third-order valence-electron chi connectivity index (χ3n) is 4.94.